The van der Waals surface area contributed by atoms with Gasteiger partial charge in [0.05, 0.1) is 23.7 Å². The van der Waals surface area contributed by atoms with Crippen LogP contribution in [-0.2, 0) is 16.0 Å². The molecule has 0 aliphatic carbocycles. The smallest absolute Gasteiger partial charge is 0.432 e. The summed E-state index contributed by atoms with van der Waals surface area (Å²) in [4.78, 5) is 30.3. The van der Waals surface area contributed by atoms with Gasteiger partial charge in [-0.05, 0) is 23.6 Å². The number of carbonyl (C=O) groups excluding carboxylic acids is 2. The van der Waals surface area contributed by atoms with Crippen molar-refractivity contribution in [1.29, 1.82) is 0 Å². The van der Waals surface area contributed by atoms with Crippen LogP contribution in [0.4, 0.5) is 21.0 Å². The van der Waals surface area contributed by atoms with Gasteiger partial charge in [-0.3, -0.25) is 9.74 Å². The van der Waals surface area contributed by atoms with E-state index in [9.17, 15) is 9.59 Å². The van der Waals surface area contributed by atoms with Crippen molar-refractivity contribution in [2.75, 3.05) is 11.5 Å². The maximum Gasteiger partial charge on any atom is 0.535 e. The van der Waals surface area contributed by atoms with Gasteiger partial charge in [0.2, 0.25) is 0 Å². The predicted molar refractivity (Wildman–Crippen MR) is 102 cm³/mol. The lowest BCUT2D eigenvalue weighted by Crippen LogP contribution is -2.32. The lowest BCUT2D eigenvalue weighted by molar-refractivity contribution is 0.0494. The molecule has 140 valence electrons. The third-order valence-corrected chi connectivity index (χ3v) is 4.03. The first kappa shape index (κ1) is 18.4. The standard InChI is InChI=1S/C20H21N3O4/c1-13(2)12-26-20(25)27-22-16-11-14-7-3-5-9-17(14)23(19(21)24)18-10-6-4-8-15(16)18/h3-10,13H,11-12H2,1-2H3,(H2,21,24)/b22-16+. The van der Waals surface area contributed by atoms with Crippen LogP contribution >= 0.6 is 0 Å². The van der Waals surface area contributed by atoms with Crippen LogP contribution in [-0.4, -0.2) is 24.5 Å². The van der Waals surface area contributed by atoms with Gasteiger partial charge >= 0.3 is 12.2 Å². The maximum absolute atomic E-state index is 12.2. The molecule has 2 aromatic rings. The average Bonchev–Trinajstić information content (AvgIpc) is 2.79. The highest BCUT2D eigenvalue weighted by Gasteiger charge is 2.27. The summed E-state index contributed by atoms with van der Waals surface area (Å²) >= 11 is 0. The predicted octanol–water partition coefficient (Wildman–Crippen LogP) is 3.97. The third-order valence-electron chi connectivity index (χ3n) is 4.03. The summed E-state index contributed by atoms with van der Waals surface area (Å²) in [5, 5.41) is 4.02. The van der Waals surface area contributed by atoms with Crippen LogP contribution in [0.1, 0.15) is 25.0 Å². The molecule has 2 amide bonds. The minimum absolute atomic E-state index is 0.194. The van der Waals surface area contributed by atoms with Crippen molar-refractivity contribution < 1.29 is 19.2 Å². The Balaban J connectivity index is 2.00. The zero-order valence-corrected chi connectivity index (χ0v) is 15.2. The fourth-order valence-corrected chi connectivity index (χ4v) is 2.87. The van der Waals surface area contributed by atoms with Crippen LogP contribution < -0.4 is 10.6 Å². The van der Waals surface area contributed by atoms with E-state index >= 15 is 0 Å². The van der Waals surface area contributed by atoms with Gasteiger partial charge in [-0.15, -0.1) is 0 Å². The molecule has 1 heterocycles. The molecule has 0 radical (unpaired) electrons. The monoisotopic (exact) mass is 367 g/mol. The molecule has 0 atom stereocenters. The number of carbonyl (C=O) groups is 2. The molecule has 7 nitrogen and oxygen atoms in total. The van der Waals surface area contributed by atoms with Gasteiger partial charge in [-0.2, -0.15) is 0 Å². The molecule has 3 rings (SSSR count). The molecule has 0 fully saturated rings. The van der Waals surface area contributed by atoms with Crippen LogP contribution in [0.3, 0.4) is 0 Å². The van der Waals surface area contributed by atoms with Crippen molar-refractivity contribution in [1.82, 2.24) is 0 Å². The van der Waals surface area contributed by atoms with Gasteiger partial charge in [0.15, 0.2) is 0 Å². The minimum atomic E-state index is -0.863. The molecule has 2 aromatic carbocycles. The number of amides is 2. The Morgan fingerprint density at radius 3 is 2.48 bits per heavy atom. The number of oxime groups is 1. The highest BCUT2D eigenvalue weighted by atomic mass is 16.8. The van der Waals surface area contributed by atoms with E-state index in [2.05, 4.69) is 5.16 Å². The lowest BCUT2D eigenvalue weighted by atomic mass is 10.0. The van der Waals surface area contributed by atoms with Gasteiger partial charge in [-0.25, -0.2) is 9.59 Å². The van der Waals surface area contributed by atoms with Crippen LogP contribution in [0.5, 0.6) is 0 Å². The zero-order chi connectivity index (χ0) is 19.4. The Morgan fingerprint density at radius 1 is 1.11 bits per heavy atom. The van der Waals surface area contributed by atoms with Crippen LogP contribution in [0.25, 0.3) is 0 Å². The lowest BCUT2D eigenvalue weighted by Gasteiger charge is -2.22. The first-order valence-corrected chi connectivity index (χ1v) is 8.65. The Bertz CT molecular complexity index is 892. The summed E-state index contributed by atoms with van der Waals surface area (Å²) in [5.74, 6) is 0.194. The summed E-state index contributed by atoms with van der Waals surface area (Å²) in [5.41, 5.74) is 8.89. The number of hydrogen-bond acceptors (Lipinski definition) is 5. The molecule has 0 aromatic heterocycles. The number of benzene rings is 2. The fourth-order valence-electron chi connectivity index (χ4n) is 2.87. The van der Waals surface area contributed by atoms with E-state index in [1.807, 2.05) is 44.2 Å². The summed E-state index contributed by atoms with van der Waals surface area (Å²) in [6, 6.07) is 14.0. The molecule has 1 aliphatic rings. The second kappa shape index (κ2) is 7.90. The Kier molecular flexibility index (Phi) is 5.40. The Hall–Kier alpha value is -3.35. The number of rotatable bonds is 3. The van der Waals surface area contributed by atoms with Gasteiger partial charge in [0.1, 0.15) is 0 Å². The zero-order valence-electron chi connectivity index (χ0n) is 15.2. The Labute approximate surface area is 157 Å². The molecule has 7 heteroatoms. The number of anilines is 2. The number of primary amides is 1. The summed E-state index contributed by atoms with van der Waals surface area (Å²) < 4.78 is 4.99. The molecule has 0 spiro atoms. The summed E-state index contributed by atoms with van der Waals surface area (Å²) in [6.07, 6.45) is -0.494. The fraction of sp³-hybridized carbons (Fsp3) is 0.250. The maximum atomic E-state index is 12.2. The second-order valence-corrected chi connectivity index (χ2v) is 6.58. The highest BCUT2D eigenvalue weighted by molar-refractivity contribution is 6.13. The second-order valence-electron chi connectivity index (χ2n) is 6.58. The van der Waals surface area contributed by atoms with Crippen molar-refractivity contribution in [3.63, 3.8) is 0 Å². The molecule has 0 bridgehead atoms. The van der Waals surface area contributed by atoms with Crippen molar-refractivity contribution in [3.05, 3.63) is 59.7 Å². The van der Waals surface area contributed by atoms with Crippen molar-refractivity contribution in [2.45, 2.75) is 20.3 Å². The first-order chi connectivity index (χ1) is 13.0. The number of para-hydroxylation sites is 2. The average molecular weight is 367 g/mol. The summed E-state index contributed by atoms with van der Waals surface area (Å²) in [7, 11) is 0. The van der Waals surface area contributed by atoms with Crippen molar-refractivity contribution >= 4 is 29.3 Å². The topological polar surface area (TPSA) is 94.2 Å². The largest absolute Gasteiger partial charge is 0.535 e. The number of fused-ring (bicyclic) bond motifs is 2. The van der Waals surface area contributed by atoms with Gasteiger partial charge < -0.3 is 10.5 Å². The number of nitrogens with zero attached hydrogens (tertiary/aromatic N) is 2. The molecule has 27 heavy (non-hydrogen) atoms. The molecule has 0 saturated heterocycles. The number of urea groups is 1. The molecule has 0 unspecified atom stereocenters. The molecule has 0 saturated carbocycles. The molecule has 1 aliphatic heterocycles. The van der Waals surface area contributed by atoms with Gasteiger partial charge in [0, 0.05) is 12.0 Å². The van der Waals surface area contributed by atoms with Crippen LogP contribution in [0.15, 0.2) is 53.7 Å². The summed E-state index contributed by atoms with van der Waals surface area (Å²) in [6.45, 7) is 4.10. The highest BCUT2D eigenvalue weighted by Crippen LogP contribution is 2.35. The van der Waals surface area contributed by atoms with E-state index in [4.69, 9.17) is 15.3 Å². The van der Waals surface area contributed by atoms with E-state index in [0.717, 1.165) is 5.56 Å². The number of nitrogens with two attached hydrogens (primary N) is 1. The number of hydrogen-bond donors (Lipinski definition) is 1. The van der Waals surface area contributed by atoms with Gasteiger partial charge in [0.25, 0.3) is 0 Å². The van der Waals surface area contributed by atoms with E-state index in [1.54, 1.807) is 18.2 Å². The molecule has 2 N–H and O–H groups in total. The van der Waals surface area contributed by atoms with Crippen molar-refractivity contribution in [3.8, 4) is 0 Å². The van der Waals surface area contributed by atoms with Crippen molar-refractivity contribution in [2.24, 2.45) is 16.8 Å². The molecular formula is C20H21N3O4. The van der Waals surface area contributed by atoms with E-state index < -0.39 is 12.2 Å². The quantitative estimate of drug-likeness (QED) is 0.504. The van der Waals surface area contributed by atoms with E-state index in [-0.39, 0.29) is 12.5 Å². The first-order valence-electron chi connectivity index (χ1n) is 8.65. The third kappa shape index (κ3) is 4.08. The normalized spacial score (nSPS) is 14.3. The molecular weight excluding hydrogens is 346 g/mol. The van der Waals surface area contributed by atoms with E-state index in [1.165, 1.54) is 4.90 Å². The Morgan fingerprint density at radius 2 is 1.78 bits per heavy atom. The van der Waals surface area contributed by atoms with Crippen LogP contribution in [0.2, 0.25) is 0 Å². The van der Waals surface area contributed by atoms with Gasteiger partial charge in [-0.1, -0.05) is 55.4 Å². The number of ether oxygens (including phenoxy) is 1. The SMILES string of the molecule is CC(C)COC(=O)O/N=C1\Cc2ccccc2N(C(N)=O)c2ccccc21. The minimum Gasteiger partial charge on any atom is -0.432 e. The van der Waals surface area contributed by atoms with E-state index in [0.29, 0.717) is 29.1 Å². The van der Waals surface area contributed by atoms with Crippen LogP contribution in [0, 0.1) is 5.92 Å².